The second-order valence-electron chi connectivity index (χ2n) is 3.17. The average molecular weight is 175 g/mol. The van der Waals surface area contributed by atoms with Gasteiger partial charge in [-0.3, -0.25) is 0 Å². The average Bonchev–Trinajstić information content (AvgIpc) is 2.03. The van der Waals surface area contributed by atoms with Crippen molar-refractivity contribution in [3.63, 3.8) is 0 Å². The minimum atomic E-state index is -0.207. The van der Waals surface area contributed by atoms with E-state index in [2.05, 4.69) is 5.32 Å². The lowest BCUT2D eigenvalue weighted by atomic mass is 10.2. The second kappa shape index (κ2) is 5.01. The third kappa shape index (κ3) is 3.99. The van der Waals surface area contributed by atoms with E-state index in [1.165, 1.54) is 24.3 Å². The molecule has 0 aromatic heterocycles. The Morgan fingerprint density at radius 2 is 2.55 bits per heavy atom. The summed E-state index contributed by atoms with van der Waals surface area (Å²) in [6, 6.07) is 0.642. The van der Waals surface area contributed by atoms with Crippen molar-refractivity contribution in [1.82, 2.24) is 5.32 Å². The topological polar surface area (TPSA) is 32.3 Å². The minimum Gasteiger partial charge on any atom is -0.392 e. The Hall–Kier alpha value is 0.270. The van der Waals surface area contributed by atoms with Crippen LogP contribution in [0.5, 0.6) is 0 Å². The molecule has 0 aliphatic carbocycles. The zero-order valence-corrected chi connectivity index (χ0v) is 7.86. The van der Waals surface area contributed by atoms with Crippen molar-refractivity contribution in [2.75, 3.05) is 18.1 Å². The number of aliphatic hydroxyl groups is 1. The van der Waals surface area contributed by atoms with Gasteiger partial charge in [0.2, 0.25) is 0 Å². The normalized spacial score (nSPS) is 28.4. The zero-order chi connectivity index (χ0) is 8.10. The molecule has 1 aliphatic rings. The molecule has 1 aliphatic heterocycles. The van der Waals surface area contributed by atoms with Crippen LogP contribution in [0.15, 0.2) is 0 Å². The van der Waals surface area contributed by atoms with Gasteiger partial charge in [0.1, 0.15) is 0 Å². The first kappa shape index (κ1) is 9.36. The molecule has 1 saturated heterocycles. The third-order valence-electron chi connectivity index (χ3n) is 1.86. The first-order valence-electron chi connectivity index (χ1n) is 4.28. The van der Waals surface area contributed by atoms with E-state index in [1.54, 1.807) is 0 Å². The Kier molecular flexibility index (Phi) is 4.26. The zero-order valence-electron chi connectivity index (χ0n) is 7.05. The van der Waals surface area contributed by atoms with Crippen LogP contribution in [-0.2, 0) is 0 Å². The van der Waals surface area contributed by atoms with Gasteiger partial charge >= 0.3 is 0 Å². The van der Waals surface area contributed by atoms with Gasteiger partial charge in [0.05, 0.1) is 6.10 Å². The number of nitrogens with one attached hydrogen (secondary N) is 1. The standard InChI is InChI=1S/C8H17NOS/c1-7(10)5-9-8-3-2-4-11-6-8/h7-10H,2-6H2,1H3/t7-,8?/m0/s1. The van der Waals surface area contributed by atoms with Gasteiger partial charge in [0, 0.05) is 18.3 Å². The molecular weight excluding hydrogens is 158 g/mol. The van der Waals surface area contributed by atoms with Crippen LogP contribution in [-0.4, -0.2) is 35.3 Å². The molecule has 0 saturated carbocycles. The van der Waals surface area contributed by atoms with Crippen molar-refractivity contribution in [3.05, 3.63) is 0 Å². The number of hydrogen-bond donors (Lipinski definition) is 2. The van der Waals surface area contributed by atoms with Gasteiger partial charge in [-0.05, 0) is 25.5 Å². The summed E-state index contributed by atoms with van der Waals surface area (Å²) < 4.78 is 0. The molecular formula is C8H17NOS. The molecule has 0 aromatic carbocycles. The number of aliphatic hydroxyl groups excluding tert-OH is 1. The van der Waals surface area contributed by atoms with Crippen LogP contribution in [0.3, 0.4) is 0 Å². The van der Waals surface area contributed by atoms with Gasteiger partial charge in [0.25, 0.3) is 0 Å². The Labute approximate surface area is 72.8 Å². The Morgan fingerprint density at radius 3 is 3.09 bits per heavy atom. The maximum absolute atomic E-state index is 9.01. The highest BCUT2D eigenvalue weighted by molar-refractivity contribution is 7.99. The lowest BCUT2D eigenvalue weighted by Crippen LogP contribution is -2.37. The summed E-state index contributed by atoms with van der Waals surface area (Å²) in [5.41, 5.74) is 0. The molecule has 3 heteroatoms. The Bertz CT molecular complexity index is 102. The monoisotopic (exact) mass is 175 g/mol. The highest BCUT2D eigenvalue weighted by atomic mass is 32.2. The lowest BCUT2D eigenvalue weighted by Gasteiger charge is -2.23. The van der Waals surface area contributed by atoms with E-state index in [1.807, 2.05) is 18.7 Å². The van der Waals surface area contributed by atoms with Crippen LogP contribution in [0.2, 0.25) is 0 Å². The first-order chi connectivity index (χ1) is 5.29. The lowest BCUT2D eigenvalue weighted by molar-refractivity contribution is 0.186. The van der Waals surface area contributed by atoms with E-state index in [0.717, 1.165) is 6.54 Å². The quantitative estimate of drug-likeness (QED) is 0.667. The van der Waals surface area contributed by atoms with Crippen molar-refractivity contribution in [2.24, 2.45) is 0 Å². The first-order valence-corrected chi connectivity index (χ1v) is 5.43. The molecule has 66 valence electrons. The summed E-state index contributed by atoms with van der Waals surface area (Å²) in [4.78, 5) is 0. The molecule has 11 heavy (non-hydrogen) atoms. The maximum Gasteiger partial charge on any atom is 0.0636 e. The number of rotatable bonds is 3. The molecule has 0 bridgehead atoms. The summed E-state index contributed by atoms with van der Waals surface area (Å²) in [5, 5.41) is 12.4. The van der Waals surface area contributed by atoms with Crippen LogP contribution in [0.25, 0.3) is 0 Å². The minimum absolute atomic E-state index is 0.207. The molecule has 1 fully saturated rings. The van der Waals surface area contributed by atoms with Gasteiger partial charge in [-0.15, -0.1) is 0 Å². The SMILES string of the molecule is C[C@H](O)CNC1CCCSC1. The van der Waals surface area contributed by atoms with E-state index >= 15 is 0 Å². The smallest absolute Gasteiger partial charge is 0.0636 e. The molecule has 2 nitrogen and oxygen atoms in total. The summed E-state index contributed by atoms with van der Waals surface area (Å²) in [6.07, 6.45) is 2.39. The van der Waals surface area contributed by atoms with Crippen molar-refractivity contribution in [2.45, 2.75) is 31.9 Å². The third-order valence-corrected chi connectivity index (χ3v) is 3.08. The molecule has 0 spiro atoms. The van der Waals surface area contributed by atoms with E-state index in [0.29, 0.717) is 6.04 Å². The van der Waals surface area contributed by atoms with Crippen molar-refractivity contribution >= 4 is 11.8 Å². The summed E-state index contributed by atoms with van der Waals surface area (Å²) in [5.74, 6) is 2.53. The van der Waals surface area contributed by atoms with Crippen LogP contribution in [0.4, 0.5) is 0 Å². The highest BCUT2D eigenvalue weighted by Gasteiger charge is 2.12. The molecule has 1 heterocycles. The Balaban J connectivity index is 2.05. The molecule has 0 aromatic rings. The molecule has 1 rings (SSSR count). The van der Waals surface area contributed by atoms with E-state index in [4.69, 9.17) is 5.11 Å². The van der Waals surface area contributed by atoms with Gasteiger partial charge in [0.15, 0.2) is 0 Å². The van der Waals surface area contributed by atoms with Gasteiger partial charge in [-0.25, -0.2) is 0 Å². The highest BCUT2D eigenvalue weighted by Crippen LogP contribution is 2.16. The molecule has 0 amide bonds. The fraction of sp³-hybridized carbons (Fsp3) is 1.00. The number of hydrogen-bond acceptors (Lipinski definition) is 3. The van der Waals surface area contributed by atoms with Crippen LogP contribution in [0.1, 0.15) is 19.8 Å². The van der Waals surface area contributed by atoms with Crippen LogP contribution in [0, 0.1) is 0 Å². The molecule has 2 N–H and O–H groups in total. The Morgan fingerprint density at radius 1 is 1.73 bits per heavy atom. The fourth-order valence-electron chi connectivity index (χ4n) is 1.24. The largest absolute Gasteiger partial charge is 0.392 e. The van der Waals surface area contributed by atoms with Crippen LogP contribution >= 0.6 is 11.8 Å². The molecule has 2 atom stereocenters. The summed E-state index contributed by atoms with van der Waals surface area (Å²) in [7, 11) is 0. The van der Waals surface area contributed by atoms with E-state index in [9.17, 15) is 0 Å². The summed E-state index contributed by atoms with van der Waals surface area (Å²) in [6.45, 7) is 2.56. The van der Waals surface area contributed by atoms with Crippen LogP contribution < -0.4 is 5.32 Å². The van der Waals surface area contributed by atoms with E-state index in [-0.39, 0.29) is 6.10 Å². The predicted octanol–water partition coefficient (Wildman–Crippen LogP) is 0.852. The predicted molar refractivity (Wildman–Crippen MR) is 50.0 cm³/mol. The summed E-state index contributed by atoms with van der Waals surface area (Å²) >= 11 is 2.01. The fourth-order valence-corrected chi connectivity index (χ4v) is 2.35. The van der Waals surface area contributed by atoms with E-state index < -0.39 is 0 Å². The van der Waals surface area contributed by atoms with Crippen molar-refractivity contribution in [1.29, 1.82) is 0 Å². The maximum atomic E-state index is 9.01. The molecule has 0 radical (unpaired) electrons. The number of thioether (sulfide) groups is 1. The van der Waals surface area contributed by atoms with Gasteiger partial charge < -0.3 is 10.4 Å². The van der Waals surface area contributed by atoms with Gasteiger partial charge in [-0.1, -0.05) is 0 Å². The molecule has 1 unspecified atom stereocenters. The second-order valence-corrected chi connectivity index (χ2v) is 4.32. The van der Waals surface area contributed by atoms with Crippen molar-refractivity contribution < 1.29 is 5.11 Å². The van der Waals surface area contributed by atoms with Crippen molar-refractivity contribution in [3.8, 4) is 0 Å². The van der Waals surface area contributed by atoms with Gasteiger partial charge in [-0.2, -0.15) is 11.8 Å².